The molecule has 6 nitrogen and oxygen atoms in total. The molecule has 0 bridgehead atoms. The van der Waals surface area contributed by atoms with Gasteiger partial charge in [-0.3, -0.25) is 4.79 Å². The summed E-state index contributed by atoms with van der Waals surface area (Å²) in [5.74, 6) is -0.745. The van der Waals surface area contributed by atoms with Gasteiger partial charge in [0.15, 0.2) is 5.13 Å². The maximum atomic E-state index is 12.3. The topological polar surface area (TPSA) is 79.7 Å². The molecule has 3 aromatic rings. The van der Waals surface area contributed by atoms with Gasteiger partial charge in [-0.15, -0.1) is 11.3 Å². The van der Waals surface area contributed by atoms with Gasteiger partial charge in [0.05, 0.1) is 17.7 Å². The van der Waals surface area contributed by atoms with Crippen LogP contribution in [0.1, 0.15) is 42.5 Å². The first-order chi connectivity index (χ1) is 15.1. The van der Waals surface area contributed by atoms with Crippen molar-refractivity contribution in [3.8, 4) is 17.0 Å². The highest BCUT2D eigenvalue weighted by atomic mass is 32.1. The molecule has 1 fully saturated rings. The third-order valence-corrected chi connectivity index (χ3v) is 6.30. The second kappa shape index (κ2) is 9.75. The van der Waals surface area contributed by atoms with E-state index in [0.29, 0.717) is 23.9 Å². The maximum absolute atomic E-state index is 12.3. The summed E-state index contributed by atoms with van der Waals surface area (Å²) < 4.78 is 5.52. The highest BCUT2D eigenvalue weighted by Crippen LogP contribution is 2.34. The van der Waals surface area contributed by atoms with Crippen molar-refractivity contribution < 1.29 is 19.4 Å². The molecule has 1 aliphatic carbocycles. The average Bonchev–Trinajstić information content (AvgIpc) is 3.48. The molecule has 160 valence electrons. The Kier molecular flexibility index (Phi) is 6.62. The first kappa shape index (κ1) is 21.1. The van der Waals surface area contributed by atoms with Gasteiger partial charge in [-0.1, -0.05) is 43.2 Å². The minimum absolute atomic E-state index is 0.0936. The van der Waals surface area contributed by atoms with Crippen LogP contribution in [0.15, 0.2) is 60.0 Å². The number of nitrogens with zero attached hydrogens (tertiary/aromatic N) is 2. The number of aliphatic carboxylic acids is 1. The Hall–Kier alpha value is -3.19. The summed E-state index contributed by atoms with van der Waals surface area (Å²) >= 11 is 1.52. The van der Waals surface area contributed by atoms with Gasteiger partial charge in [0.2, 0.25) is 0 Å². The second-order valence-electron chi connectivity index (χ2n) is 7.57. The van der Waals surface area contributed by atoms with Crippen LogP contribution < -0.4 is 9.64 Å². The molecule has 1 N–H and O–H groups in total. The fourth-order valence-corrected chi connectivity index (χ4v) is 4.79. The van der Waals surface area contributed by atoms with Gasteiger partial charge in [-0.2, -0.15) is 0 Å². The fourth-order valence-electron chi connectivity index (χ4n) is 3.85. The fraction of sp³-hybridized carbons (Fsp3) is 0.292. The number of benzene rings is 2. The van der Waals surface area contributed by atoms with Gasteiger partial charge in [-0.05, 0) is 37.1 Å². The molecule has 1 aliphatic rings. The largest absolute Gasteiger partial charge is 0.481 e. The number of carbonyl (C=O) groups is 2. The van der Waals surface area contributed by atoms with Crippen molar-refractivity contribution in [2.75, 3.05) is 11.4 Å². The molecule has 0 atom stereocenters. The lowest BCUT2D eigenvalue weighted by Gasteiger charge is -2.28. The van der Waals surface area contributed by atoms with Crippen LogP contribution in [0, 0.1) is 0 Å². The number of ether oxygens (including phenoxy) is 1. The highest BCUT2D eigenvalue weighted by Gasteiger charge is 2.25. The third kappa shape index (κ3) is 5.30. The van der Waals surface area contributed by atoms with E-state index in [-0.39, 0.29) is 6.42 Å². The van der Waals surface area contributed by atoms with Gasteiger partial charge in [0.1, 0.15) is 5.75 Å². The lowest BCUT2D eigenvalue weighted by atomic mass is 10.1. The van der Waals surface area contributed by atoms with E-state index < -0.39 is 11.9 Å². The zero-order valence-electron chi connectivity index (χ0n) is 17.1. The van der Waals surface area contributed by atoms with Crippen LogP contribution in [0.4, 0.5) is 5.13 Å². The average molecular weight is 437 g/mol. The third-order valence-electron chi connectivity index (χ3n) is 5.42. The van der Waals surface area contributed by atoms with Crippen LogP contribution in [0.3, 0.4) is 0 Å². The van der Waals surface area contributed by atoms with Gasteiger partial charge < -0.3 is 14.7 Å². The molecule has 0 amide bonds. The lowest BCUT2D eigenvalue weighted by Crippen LogP contribution is -2.35. The van der Waals surface area contributed by atoms with Gasteiger partial charge in [0.25, 0.3) is 0 Å². The zero-order chi connectivity index (χ0) is 21.6. The molecule has 0 spiro atoms. The molecule has 1 aromatic heterocycles. The number of carboxylic acid groups (broad SMARTS) is 1. The van der Waals surface area contributed by atoms with Gasteiger partial charge in [0, 0.05) is 23.5 Å². The number of thiazole rings is 1. The molecule has 0 saturated heterocycles. The standard InChI is InChI=1S/C24H24N2O4S/c27-22(28)13-14-26(19-10-4-5-11-19)24-25-21(16-31-24)18-9-6-12-20(15-18)30-23(29)17-7-2-1-3-8-17/h1-3,6-9,12,15-16,19H,4-5,10-11,13-14H2,(H,27,28). The minimum atomic E-state index is -0.798. The van der Waals surface area contributed by atoms with E-state index in [9.17, 15) is 9.59 Å². The van der Waals surface area contributed by atoms with Crippen LogP contribution in [-0.4, -0.2) is 34.6 Å². The molecular formula is C24H24N2O4S. The molecule has 1 saturated carbocycles. The molecule has 0 unspecified atom stereocenters. The van der Waals surface area contributed by atoms with Crippen molar-refractivity contribution in [2.45, 2.75) is 38.1 Å². The van der Waals surface area contributed by atoms with Crippen LogP contribution in [0.25, 0.3) is 11.3 Å². The summed E-state index contributed by atoms with van der Waals surface area (Å²) in [5, 5.41) is 11.9. The molecule has 0 aliphatic heterocycles. The Morgan fingerprint density at radius 2 is 1.87 bits per heavy atom. The van der Waals surface area contributed by atoms with Crippen LogP contribution in [-0.2, 0) is 4.79 Å². The molecule has 4 rings (SSSR count). The number of anilines is 1. The first-order valence-corrected chi connectivity index (χ1v) is 11.3. The molecule has 7 heteroatoms. The van der Waals surface area contributed by atoms with Gasteiger partial charge in [-0.25, -0.2) is 9.78 Å². The summed E-state index contributed by atoms with van der Waals surface area (Å²) in [4.78, 5) is 30.4. The quantitative estimate of drug-likeness (QED) is 0.384. The predicted molar refractivity (Wildman–Crippen MR) is 121 cm³/mol. The second-order valence-corrected chi connectivity index (χ2v) is 8.41. The molecular weight excluding hydrogens is 412 g/mol. The smallest absolute Gasteiger partial charge is 0.343 e. The van der Waals surface area contributed by atoms with Crippen molar-refractivity contribution in [3.05, 3.63) is 65.5 Å². The Bertz CT molecular complexity index is 1040. The van der Waals surface area contributed by atoms with E-state index in [1.54, 1.807) is 36.4 Å². The van der Waals surface area contributed by atoms with Crippen LogP contribution in [0.2, 0.25) is 0 Å². The highest BCUT2D eigenvalue weighted by molar-refractivity contribution is 7.14. The number of carbonyl (C=O) groups excluding carboxylic acids is 1. The van der Waals surface area contributed by atoms with Crippen molar-refractivity contribution in [1.82, 2.24) is 4.98 Å². The monoisotopic (exact) mass is 436 g/mol. The van der Waals surface area contributed by atoms with Crippen LogP contribution in [0.5, 0.6) is 5.75 Å². The summed E-state index contributed by atoms with van der Waals surface area (Å²) in [5.41, 5.74) is 2.14. The van der Waals surface area contributed by atoms with E-state index >= 15 is 0 Å². The summed E-state index contributed by atoms with van der Waals surface area (Å²) in [6, 6.07) is 16.5. The zero-order valence-corrected chi connectivity index (χ0v) is 17.9. The predicted octanol–water partition coefficient (Wildman–Crippen LogP) is 5.25. The van der Waals surface area contributed by atoms with E-state index in [1.165, 1.54) is 24.2 Å². The van der Waals surface area contributed by atoms with E-state index in [2.05, 4.69) is 4.90 Å². The number of hydrogen-bond donors (Lipinski definition) is 1. The summed E-state index contributed by atoms with van der Waals surface area (Å²) in [7, 11) is 0. The molecule has 1 heterocycles. The normalized spacial score (nSPS) is 13.8. The summed E-state index contributed by atoms with van der Waals surface area (Å²) in [6.45, 7) is 0.460. The Balaban J connectivity index is 1.52. The SMILES string of the molecule is O=C(O)CCN(c1nc(-c2cccc(OC(=O)c3ccccc3)c2)cs1)C1CCCC1. The summed E-state index contributed by atoms with van der Waals surface area (Å²) in [6.07, 6.45) is 4.57. The Morgan fingerprint density at radius 1 is 1.10 bits per heavy atom. The van der Waals surface area contributed by atoms with Crippen molar-refractivity contribution in [2.24, 2.45) is 0 Å². The Morgan fingerprint density at radius 3 is 2.61 bits per heavy atom. The first-order valence-electron chi connectivity index (χ1n) is 10.4. The van der Waals surface area contributed by atoms with Crippen LogP contribution >= 0.6 is 11.3 Å². The van der Waals surface area contributed by atoms with Gasteiger partial charge >= 0.3 is 11.9 Å². The number of hydrogen-bond acceptors (Lipinski definition) is 6. The number of carboxylic acids is 1. The maximum Gasteiger partial charge on any atom is 0.343 e. The molecule has 0 radical (unpaired) electrons. The molecule has 31 heavy (non-hydrogen) atoms. The van der Waals surface area contributed by atoms with E-state index in [0.717, 1.165) is 29.2 Å². The minimum Gasteiger partial charge on any atom is -0.481 e. The van der Waals surface area contributed by atoms with Crippen molar-refractivity contribution >= 4 is 28.4 Å². The van der Waals surface area contributed by atoms with E-state index in [1.807, 2.05) is 23.6 Å². The molecule has 2 aromatic carbocycles. The van der Waals surface area contributed by atoms with Crippen molar-refractivity contribution in [3.63, 3.8) is 0 Å². The number of esters is 1. The lowest BCUT2D eigenvalue weighted by molar-refractivity contribution is -0.136. The Labute approximate surface area is 185 Å². The number of rotatable bonds is 8. The van der Waals surface area contributed by atoms with E-state index in [4.69, 9.17) is 14.8 Å². The number of aromatic nitrogens is 1. The van der Waals surface area contributed by atoms with Crippen molar-refractivity contribution in [1.29, 1.82) is 0 Å².